The second-order valence-corrected chi connectivity index (χ2v) is 8.32. The Morgan fingerprint density at radius 1 is 1.09 bits per heavy atom. The van der Waals surface area contributed by atoms with Crippen molar-refractivity contribution >= 4 is 40.6 Å². The SMILES string of the molecule is CCOc1cc(/C=C2\SC(=Nc3ccccc3)N(Cc3ccco3)C2=O)ccc1OCC(=O)OC. The van der Waals surface area contributed by atoms with Gasteiger partial charge in [-0.3, -0.25) is 9.69 Å². The molecule has 9 heteroatoms. The van der Waals surface area contributed by atoms with E-state index in [-0.39, 0.29) is 19.1 Å². The topological polar surface area (TPSA) is 90.6 Å². The number of hydrogen-bond donors (Lipinski definition) is 0. The summed E-state index contributed by atoms with van der Waals surface area (Å²) in [6.07, 6.45) is 3.36. The van der Waals surface area contributed by atoms with Gasteiger partial charge in [0.15, 0.2) is 23.3 Å². The Morgan fingerprint density at radius 2 is 1.91 bits per heavy atom. The van der Waals surface area contributed by atoms with Crippen LogP contribution in [0.1, 0.15) is 18.2 Å². The average molecular weight is 493 g/mol. The fourth-order valence-corrected chi connectivity index (χ4v) is 4.25. The molecule has 4 rings (SSSR count). The fourth-order valence-electron chi connectivity index (χ4n) is 3.25. The number of furan rings is 1. The lowest BCUT2D eigenvalue weighted by Crippen LogP contribution is -2.28. The molecule has 35 heavy (non-hydrogen) atoms. The number of benzene rings is 2. The summed E-state index contributed by atoms with van der Waals surface area (Å²) < 4.78 is 21.3. The van der Waals surface area contributed by atoms with Gasteiger partial charge in [0.25, 0.3) is 5.91 Å². The highest BCUT2D eigenvalue weighted by atomic mass is 32.2. The molecule has 1 aromatic heterocycles. The van der Waals surface area contributed by atoms with Crippen molar-refractivity contribution in [2.24, 2.45) is 4.99 Å². The molecule has 2 heterocycles. The maximum absolute atomic E-state index is 13.3. The van der Waals surface area contributed by atoms with Crippen molar-refractivity contribution in [2.45, 2.75) is 13.5 Å². The Morgan fingerprint density at radius 3 is 2.63 bits per heavy atom. The van der Waals surface area contributed by atoms with E-state index in [1.807, 2.05) is 43.3 Å². The Balaban J connectivity index is 1.62. The van der Waals surface area contributed by atoms with Gasteiger partial charge >= 0.3 is 5.97 Å². The molecule has 1 fully saturated rings. The summed E-state index contributed by atoms with van der Waals surface area (Å²) in [7, 11) is 1.30. The third kappa shape index (κ3) is 6.13. The molecule has 0 radical (unpaired) electrons. The molecule has 1 aliphatic rings. The van der Waals surface area contributed by atoms with Crippen LogP contribution in [0.4, 0.5) is 5.69 Å². The van der Waals surface area contributed by atoms with E-state index in [0.717, 1.165) is 11.3 Å². The van der Waals surface area contributed by atoms with Gasteiger partial charge in [0.2, 0.25) is 0 Å². The molecule has 1 saturated heterocycles. The minimum Gasteiger partial charge on any atom is -0.490 e. The van der Waals surface area contributed by atoms with Gasteiger partial charge in [-0.25, -0.2) is 9.79 Å². The van der Waals surface area contributed by atoms with Gasteiger partial charge in [-0.1, -0.05) is 24.3 Å². The lowest BCUT2D eigenvalue weighted by atomic mass is 10.2. The van der Waals surface area contributed by atoms with Gasteiger partial charge in [-0.15, -0.1) is 0 Å². The molecule has 0 atom stereocenters. The van der Waals surface area contributed by atoms with Crippen molar-refractivity contribution < 1.29 is 28.2 Å². The average Bonchev–Trinajstić information content (AvgIpc) is 3.48. The molecular weight excluding hydrogens is 468 g/mol. The summed E-state index contributed by atoms with van der Waals surface area (Å²) in [6.45, 7) is 2.30. The molecule has 0 aliphatic carbocycles. The number of rotatable bonds is 9. The van der Waals surface area contributed by atoms with Crippen LogP contribution in [0.15, 0.2) is 81.2 Å². The zero-order valence-corrected chi connectivity index (χ0v) is 20.1. The lowest BCUT2D eigenvalue weighted by molar-refractivity contribution is -0.142. The Hall–Kier alpha value is -3.98. The molecule has 180 valence electrons. The molecule has 0 unspecified atom stereocenters. The number of nitrogens with zero attached hydrogens (tertiary/aromatic N) is 2. The highest BCUT2D eigenvalue weighted by Gasteiger charge is 2.34. The summed E-state index contributed by atoms with van der Waals surface area (Å²) in [4.78, 5) is 31.6. The molecule has 1 aliphatic heterocycles. The first kappa shape index (κ1) is 24.2. The Bertz CT molecular complexity index is 1240. The van der Waals surface area contributed by atoms with Crippen molar-refractivity contribution in [3.8, 4) is 11.5 Å². The number of para-hydroxylation sites is 1. The van der Waals surface area contributed by atoms with E-state index in [1.54, 1.807) is 41.5 Å². The van der Waals surface area contributed by atoms with Crippen LogP contribution in [0, 0.1) is 0 Å². The van der Waals surface area contributed by atoms with Gasteiger partial charge in [0, 0.05) is 0 Å². The zero-order valence-electron chi connectivity index (χ0n) is 19.3. The number of carbonyl (C=O) groups excluding carboxylic acids is 2. The summed E-state index contributed by atoms with van der Waals surface area (Å²) in [5.41, 5.74) is 1.49. The van der Waals surface area contributed by atoms with Crippen LogP contribution in [-0.4, -0.2) is 42.3 Å². The molecule has 1 amide bonds. The van der Waals surface area contributed by atoms with E-state index in [1.165, 1.54) is 18.9 Å². The molecule has 0 saturated carbocycles. The second kappa shape index (κ2) is 11.4. The number of methoxy groups -OCH3 is 1. The highest BCUT2D eigenvalue weighted by Crippen LogP contribution is 2.36. The predicted molar refractivity (Wildman–Crippen MR) is 133 cm³/mol. The number of esters is 1. The number of amides is 1. The summed E-state index contributed by atoms with van der Waals surface area (Å²) >= 11 is 1.29. The normalized spacial score (nSPS) is 15.6. The number of ether oxygens (including phenoxy) is 3. The predicted octanol–water partition coefficient (Wildman–Crippen LogP) is 5.03. The summed E-state index contributed by atoms with van der Waals surface area (Å²) in [6, 6.07) is 18.3. The van der Waals surface area contributed by atoms with E-state index in [4.69, 9.17) is 13.9 Å². The van der Waals surface area contributed by atoms with Crippen molar-refractivity contribution in [3.63, 3.8) is 0 Å². The minimum absolute atomic E-state index is 0.176. The largest absolute Gasteiger partial charge is 0.490 e. The van der Waals surface area contributed by atoms with E-state index in [2.05, 4.69) is 9.73 Å². The maximum Gasteiger partial charge on any atom is 0.343 e. The number of hydrogen-bond acceptors (Lipinski definition) is 8. The number of carbonyl (C=O) groups is 2. The first-order valence-electron chi connectivity index (χ1n) is 10.9. The van der Waals surface area contributed by atoms with Crippen molar-refractivity contribution in [1.82, 2.24) is 4.90 Å². The Kier molecular flexibility index (Phi) is 7.89. The van der Waals surface area contributed by atoms with E-state index in [0.29, 0.717) is 33.9 Å². The highest BCUT2D eigenvalue weighted by molar-refractivity contribution is 8.18. The minimum atomic E-state index is -0.492. The third-order valence-corrected chi connectivity index (χ3v) is 5.91. The zero-order chi connectivity index (χ0) is 24.6. The standard InChI is InChI=1S/C26H24N2O6S/c1-3-32-22-14-18(11-12-21(22)34-17-24(29)31-2)15-23-25(30)28(16-20-10-7-13-33-20)26(35-23)27-19-8-5-4-6-9-19/h4-15H,3,16-17H2,1-2H3/b23-15-,27-26?. The smallest absolute Gasteiger partial charge is 0.343 e. The van der Waals surface area contributed by atoms with Crippen molar-refractivity contribution in [3.05, 3.63) is 83.2 Å². The molecule has 0 N–H and O–H groups in total. The monoisotopic (exact) mass is 492 g/mol. The quantitative estimate of drug-likeness (QED) is 0.305. The van der Waals surface area contributed by atoms with Crippen LogP contribution in [0.3, 0.4) is 0 Å². The van der Waals surface area contributed by atoms with E-state index >= 15 is 0 Å². The fraction of sp³-hybridized carbons (Fsp3) is 0.192. The first-order chi connectivity index (χ1) is 17.1. The third-order valence-electron chi connectivity index (χ3n) is 4.90. The van der Waals surface area contributed by atoms with Crippen LogP contribution in [0.25, 0.3) is 6.08 Å². The van der Waals surface area contributed by atoms with Crippen LogP contribution in [0.5, 0.6) is 11.5 Å². The van der Waals surface area contributed by atoms with Crippen LogP contribution in [-0.2, 0) is 20.9 Å². The molecular formula is C26H24N2O6S. The van der Waals surface area contributed by atoms with Crippen LogP contribution < -0.4 is 9.47 Å². The van der Waals surface area contributed by atoms with Gasteiger partial charge in [0.05, 0.1) is 37.1 Å². The molecule has 2 aromatic carbocycles. The molecule has 8 nitrogen and oxygen atoms in total. The number of aliphatic imine (C=N–C) groups is 1. The number of amidine groups is 1. The lowest BCUT2D eigenvalue weighted by Gasteiger charge is -2.14. The van der Waals surface area contributed by atoms with E-state index in [9.17, 15) is 9.59 Å². The molecule has 0 spiro atoms. The first-order valence-corrected chi connectivity index (χ1v) is 11.7. The molecule has 0 bridgehead atoms. The van der Waals surface area contributed by atoms with Crippen LogP contribution >= 0.6 is 11.8 Å². The summed E-state index contributed by atoms with van der Waals surface area (Å²) in [5, 5.41) is 0.562. The van der Waals surface area contributed by atoms with Gasteiger partial charge in [-0.2, -0.15) is 0 Å². The maximum atomic E-state index is 13.3. The van der Waals surface area contributed by atoms with E-state index < -0.39 is 5.97 Å². The van der Waals surface area contributed by atoms with Crippen molar-refractivity contribution in [2.75, 3.05) is 20.3 Å². The van der Waals surface area contributed by atoms with Gasteiger partial charge < -0.3 is 18.6 Å². The Labute approximate surface area is 207 Å². The molecule has 3 aromatic rings. The van der Waals surface area contributed by atoms with Gasteiger partial charge in [0.1, 0.15) is 5.76 Å². The second-order valence-electron chi connectivity index (χ2n) is 7.32. The van der Waals surface area contributed by atoms with Gasteiger partial charge in [-0.05, 0) is 66.7 Å². The van der Waals surface area contributed by atoms with Crippen LogP contribution in [0.2, 0.25) is 0 Å². The van der Waals surface area contributed by atoms with Crippen molar-refractivity contribution in [1.29, 1.82) is 0 Å². The number of thioether (sulfide) groups is 1. The summed E-state index contributed by atoms with van der Waals surface area (Å²) in [5.74, 6) is 0.868.